The summed E-state index contributed by atoms with van der Waals surface area (Å²) in [5.41, 5.74) is 2.98. The Balaban J connectivity index is 3.09. The van der Waals surface area contributed by atoms with E-state index in [1.807, 2.05) is 26.0 Å². The Bertz CT molecular complexity index is 638. The lowest BCUT2D eigenvalue weighted by molar-refractivity contribution is 0.112. The third-order valence-corrected chi connectivity index (χ3v) is 2.95. The highest BCUT2D eigenvalue weighted by atomic mass is 16.1. The van der Waals surface area contributed by atoms with Gasteiger partial charge in [-0.15, -0.1) is 0 Å². The van der Waals surface area contributed by atoms with E-state index in [-0.39, 0.29) is 11.1 Å². The predicted molar refractivity (Wildman–Crippen MR) is 64.1 cm³/mol. The van der Waals surface area contributed by atoms with Crippen molar-refractivity contribution >= 4 is 17.2 Å². The van der Waals surface area contributed by atoms with Crippen molar-refractivity contribution in [3.63, 3.8) is 0 Å². The molecule has 0 aliphatic carbocycles. The van der Waals surface area contributed by atoms with Crippen LogP contribution in [0.5, 0.6) is 0 Å². The number of fused-ring (bicyclic) bond motifs is 1. The Morgan fingerprint density at radius 1 is 1.19 bits per heavy atom. The van der Waals surface area contributed by atoms with Crippen LogP contribution in [0.2, 0.25) is 0 Å². The summed E-state index contributed by atoms with van der Waals surface area (Å²) in [6, 6.07) is 5.65. The molecule has 0 aliphatic rings. The van der Waals surface area contributed by atoms with E-state index in [1.54, 1.807) is 17.7 Å². The van der Waals surface area contributed by atoms with Crippen LogP contribution in [-0.4, -0.2) is 10.9 Å². The molecule has 0 saturated heterocycles. The molecular formula is C13H13NO2. The van der Waals surface area contributed by atoms with Gasteiger partial charge in [-0.05, 0) is 31.0 Å². The zero-order valence-electron chi connectivity index (χ0n) is 9.57. The molecule has 16 heavy (non-hydrogen) atoms. The van der Waals surface area contributed by atoms with Gasteiger partial charge in [0.1, 0.15) is 0 Å². The zero-order valence-corrected chi connectivity index (χ0v) is 9.57. The number of benzene rings is 1. The van der Waals surface area contributed by atoms with Gasteiger partial charge in [0.05, 0.1) is 11.1 Å². The second-order valence-corrected chi connectivity index (χ2v) is 4.04. The molecule has 0 N–H and O–H groups in total. The van der Waals surface area contributed by atoms with E-state index in [9.17, 15) is 9.59 Å². The van der Waals surface area contributed by atoms with E-state index in [1.165, 1.54) is 0 Å². The van der Waals surface area contributed by atoms with Crippen LogP contribution >= 0.6 is 0 Å². The molecule has 1 aromatic carbocycles. The molecular weight excluding hydrogens is 202 g/mol. The van der Waals surface area contributed by atoms with Gasteiger partial charge in [-0.3, -0.25) is 9.59 Å². The highest BCUT2D eigenvalue weighted by Gasteiger charge is 2.09. The smallest absolute Gasteiger partial charge is 0.261 e. The number of nitrogens with zero attached hydrogens (tertiary/aromatic N) is 1. The molecule has 0 amide bonds. The third-order valence-electron chi connectivity index (χ3n) is 2.95. The molecule has 0 saturated carbocycles. The summed E-state index contributed by atoms with van der Waals surface area (Å²) in [5.74, 6) is 0. The van der Waals surface area contributed by atoms with E-state index < -0.39 is 0 Å². The monoisotopic (exact) mass is 215 g/mol. The molecule has 0 spiro atoms. The van der Waals surface area contributed by atoms with Gasteiger partial charge in [0, 0.05) is 12.4 Å². The Morgan fingerprint density at radius 3 is 2.44 bits per heavy atom. The average molecular weight is 215 g/mol. The SMILES string of the molecule is Cc1ccc(C)c2c1cc(C=O)c(=O)n2C. The molecule has 2 rings (SSSR count). The minimum absolute atomic E-state index is 0.212. The van der Waals surface area contributed by atoms with Crippen LogP contribution in [0.15, 0.2) is 23.0 Å². The standard InChI is InChI=1S/C13H13NO2/c1-8-4-5-9(2)12-11(8)6-10(7-15)13(16)14(12)3/h4-7H,1-3H3. The first-order chi connectivity index (χ1) is 7.56. The van der Waals surface area contributed by atoms with Crippen molar-refractivity contribution in [2.24, 2.45) is 7.05 Å². The predicted octanol–water partition coefficient (Wildman–Crippen LogP) is 1.97. The number of carbonyl (C=O) groups excluding carboxylic acids is 1. The molecule has 3 heteroatoms. The number of aromatic nitrogens is 1. The molecule has 2 aromatic rings. The van der Waals surface area contributed by atoms with Gasteiger partial charge >= 0.3 is 0 Å². The third kappa shape index (κ3) is 1.36. The van der Waals surface area contributed by atoms with E-state index in [4.69, 9.17) is 0 Å². The number of aryl methyl sites for hydroxylation is 3. The van der Waals surface area contributed by atoms with Gasteiger partial charge in [0.15, 0.2) is 6.29 Å². The van der Waals surface area contributed by atoms with Gasteiger partial charge in [-0.25, -0.2) is 0 Å². The molecule has 0 bridgehead atoms. The quantitative estimate of drug-likeness (QED) is 0.682. The molecule has 1 heterocycles. The Morgan fingerprint density at radius 2 is 1.81 bits per heavy atom. The summed E-state index contributed by atoms with van der Waals surface area (Å²) in [6.45, 7) is 3.93. The lowest BCUT2D eigenvalue weighted by atomic mass is 10.0. The summed E-state index contributed by atoms with van der Waals surface area (Å²) in [5, 5.41) is 0.962. The first kappa shape index (κ1) is 10.6. The maximum absolute atomic E-state index is 11.8. The number of pyridine rings is 1. The van der Waals surface area contributed by atoms with Crippen molar-refractivity contribution in [1.29, 1.82) is 0 Å². The molecule has 0 radical (unpaired) electrons. The van der Waals surface area contributed by atoms with Crippen molar-refractivity contribution in [2.75, 3.05) is 0 Å². The molecule has 0 fully saturated rings. The van der Waals surface area contributed by atoms with Crippen LogP contribution in [0.4, 0.5) is 0 Å². The van der Waals surface area contributed by atoms with Crippen LogP contribution in [0.1, 0.15) is 21.5 Å². The van der Waals surface area contributed by atoms with Gasteiger partial charge in [-0.2, -0.15) is 0 Å². The van der Waals surface area contributed by atoms with E-state index >= 15 is 0 Å². The summed E-state index contributed by atoms with van der Waals surface area (Å²) in [6.07, 6.45) is 0.615. The van der Waals surface area contributed by atoms with Crippen molar-refractivity contribution < 1.29 is 4.79 Å². The highest BCUT2D eigenvalue weighted by molar-refractivity contribution is 5.90. The van der Waals surface area contributed by atoms with Crippen LogP contribution < -0.4 is 5.56 Å². The van der Waals surface area contributed by atoms with Crippen molar-refractivity contribution in [3.8, 4) is 0 Å². The fourth-order valence-electron chi connectivity index (χ4n) is 2.04. The van der Waals surface area contributed by atoms with Crippen LogP contribution in [0.3, 0.4) is 0 Å². The van der Waals surface area contributed by atoms with E-state index in [2.05, 4.69) is 0 Å². The van der Waals surface area contributed by atoms with Crippen molar-refractivity contribution in [3.05, 3.63) is 45.2 Å². The fraction of sp³-hybridized carbons (Fsp3) is 0.231. The fourth-order valence-corrected chi connectivity index (χ4v) is 2.04. The van der Waals surface area contributed by atoms with Gasteiger partial charge < -0.3 is 4.57 Å². The Labute approximate surface area is 93.3 Å². The van der Waals surface area contributed by atoms with Gasteiger partial charge in [0.2, 0.25) is 0 Å². The van der Waals surface area contributed by atoms with Crippen LogP contribution in [0.25, 0.3) is 10.9 Å². The Hall–Kier alpha value is -1.90. The first-order valence-corrected chi connectivity index (χ1v) is 5.11. The van der Waals surface area contributed by atoms with Crippen LogP contribution in [0, 0.1) is 13.8 Å². The molecule has 0 atom stereocenters. The number of carbonyl (C=O) groups is 1. The first-order valence-electron chi connectivity index (χ1n) is 5.11. The average Bonchev–Trinajstić information content (AvgIpc) is 2.27. The molecule has 0 unspecified atom stereocenters. The number of aldehydes is 1. The van der Waals surface area contributed by atoms with Gasteiger partial charge in [0.25, 0.3) is 5.56 Å². The second kappa shape index (κ2) is 3.59. The number of rotatable bonds is 1. The summed E-state index contributed by atoms with van der Waals surface area (Å²) >= 11 is 0. The van der Waals surface area contributed by atoms with Gasteiger partial charge in [-0.1, -0.05) is 12.1 Å². The summed E-state index contributed by atoms with van der Waals surface area (Å²) in [4.78, 5) is 22.6. The van der Waals surface area contributed by atoms with Crippen molar-refractivity contribution in [1.82, 2.24) is 4.57 Å². The maximum atomic E-state index is 11.8. The Kier molecular flexibility index (Phi) is 2.38. The van der Waals surface area contributed by atoms with Crippen LogP contribution in [-0.2, 0) is 7.05 Å². The largest absolute Gasteiger partial charge is 0.310 e. The number of hydrogen-bond donors (Lipinski definition) is 0. The topological polar surface area (TPSA) is 39.1 Å². The number of hydrogen-bond acceptors (Lipinski definition) is 2. The van der Waals surface area contributed by atoms with Crippen molar-refractivity contribution in [2.45, 2.75) is 13.8 Å². The normalized spacial score (nSPS) is 10.7. The van der Waals surface area contributed by atoms with E-state index in [0.29, 0.717) is 6.29 Å². The summed E-state index contributed by atoms with van der Waals surface area (Å²) < 4.78 is 1.54. The molecule has 1 aromatic heterocycles. The van der Waals surface area contributed by atoms with E-state index in [0.717, 1.165) is 22.0 Å². The minimum atomic E-state index is -0.240. The summed E-state index contributed by atoms with van der Waals surface area (Å²) in [7, 11) is 1.70. The molecule has 3 nitrogen and oxygen atoms in total. The zero-order chi connectivity index (χ0) is 11.9. The minimum Gasteiger partial charge on any atom is -0.310 e. The highest BCUT2D eigenvalue weighted by Crippen LogP contribution is 2.20. The molecule has 82 valence electrons. The molecule has 0 aliphatic heterocycles. The lowest BCUT2D eigenvalue weighted by Gasteiger charge is -2.10. The maximum Gasteiger partial charge on any atom is 0.261 e. The second-order valence-electron chi connectivity index (χ2n) is 4.04. The lowest BCUT2D eigenvalue weighted by Crippen LogP contribution is -2.21.